The van der Waals surface area contributed by atoms with E-state index in [9.17, 15) is 4.39 Å². The Morgan fingerprint density at radius 2 is 1.83 bits per heavy atom. The summed E-state index contributed by atoms with van der Waals surface area (Å²) in [5, 5.41) is 0. The molecule has 0 aliphatic carbocycles. The van der Waals surface area contributed by atoms with Crippen LogP contribution in [-0.2, 0) is 6.54 Å². The van der Waals surface area contributed by atoms with E-state index in [2.05, 4.69) is 9.88 Å². The smallest absolute Gasteiger partial charge is 0.226 e. The van der Waals surface area contributed by atoms with E-state index in [-0.39, 0.29) is 5.82 Å². The molecule has 0 aliphatic heterocycles. The predicted molar refractivity (Wildman–Crippen MR) is 90.2 cm³/mol. The topological polar surface area (TPSA) is 38.5 Å². The van der Waals surface area contributed by atoms with E-state index in [0.29, 0.717) is 24.8 Å². The predicted octanol–water partition coefficient (Wildman–Crippen LogP) is 3.99. The number of nitrogens with zero attached hydrogens (tertiary/aromatic N) is 2. The zero-order valence-corrected chi connectivity index (χ0v) is 13.5. The minimum Gasteiger partial charge on any atom is -0.492 e. The van der Waals surface area contributed by atoms with Crippen LogP contribution in [-0.4, -0.2) is 30.1 Å². The van der Waals surface area contributed by atoms with Gasteiger partial charge in [-0.1, -0.05) is 18.2 Å². The second-order valence-corrected chi connectivity index (χ2v) is 5.55. The Morgan fingerprint density at radius 1 is 1.08 bits per heavy atom. The molecule has 0 amide bonds. The van der Waals surface area contributed by atoms with Gasteiger partial charge < -0.3 is 9.15 Å². The molecule has 4 nitrogen and oxygen atoms in total. The molecule has 1 aromatic heterocycles. The summed E-state index contributed by atoms with van der Waals surface area (Å²) in [7, 11) is 1.99. The van der Waals surface area contributed by atoms with Crippen LogP contribution < -0.4 is 4.74 Å². The van der Waals surface area contributed by atoms with E-state index in [1.807, 2.05) is 37.4 Å². The molecule has 0 saturated carbocycles. The van der Waals surface area contributed by atoms with Crippen molar-refractivity contribution in [2.24, 2.45) is 0 Å². The van der Waals surface area contributed by atoms with Crippen LogP contribution in [0.5, 0.6) is 5.75 Å². The fourth-order valence-electron chi connectivity index (χ4n) is 2.30. The minimum absolute atomic E-state index is 0.264. The van der Waals surface area contributed by atoms with Gasteiger partial charge in [-0.25, -0.2) is 9.37 Å². The summed E-state index contributed by atoms with van der Waals surface area (Å²) in [4.78, 5) is 6.60. The maximum atomic E-state index is 12.8. The monoisotopic (exact) mass is 326 g/mol. The molecular formula is C19H19FN2O2. The number of hydrogen-bond acceptors (Lipinski definition) is 4. The van der Waals surface area contributed by atoms with Gasteiger partial charge in [-0.15, -0.1) is 0 Å². The highest BCUT2D eigenvalue weighted by Crippen LogP contribution is 2.18. The van der Waals surface area contributed by atoms with Crippen molar-refractivity contribution in [1.82, 2.24) is 9.88 Å². The maximum absolute atomic E-state index is 12.8. The largest absolute Gasteiger partial charge is 0.492 e. The van der Waals surface area contributed by atoms with Crippen molar-refractivity contribution < 1.29 is 13.5 Å². The molecule has 0 saturated heterocycles. The molecule has 0 atom stereocenters. The highest BCUT2D eigenvalue weighted by Gasteiger charge is 2.08. The summed E-state index contributed by atoms with van der Waals surface area (Å²) in [5.41, 5.74) is 1.84. The van der Waals surface area contributed by atoms with E-state index in [1.165, 1.54) is 12.1 Å². The fourth-order valence-corrected chi connectivity index (χ4v) is 2.30. The average molecular weight is 326 g/mol. The van der Waals surface area contributed by atoms with Crippen molar-refractivity contribution in [1.29, 1.82) is 0 Å². The fraction of sp³-hybridized carbons (Fsp3) is 0.211. The van der Waals surface area contributed by atoms with E-state index in [4.69, 9.17) is 9.15 Å². The summed E-state index contributed by atoms with van der Waals surface area (Å²) in [6, 6.07) is 15.8. The van der Waals surface area contributed by atoms with Crippen LogP contribution in [0.3, 0.4) is 0 Å². The third-order valence-electron chi connectivity index (χ3n) is 3.56. The SMILES string of the molecule is CN(CCOc1ccc(F)cc1)Cc1coc(-c2ccccc2)n1. The van der Waals surface area contributed by atoms with Crippen LogP contribution in [0, 0.1) is 5.82 Å². The van der Waals surface area contributed by atoms with E-state index in [1.54, 1.807) is 18.4 Å². The summed E-state index contributed by atoms with van der Waals surface area (Å²) in [6.45, 7) is 1.92. The van der Waals surface area contributed by atoms with Crippen LogP contribution in [0.2, 0.25) is 0 Å². The molecule has 0 spiro atoms. The average Bonchev–Trinajstić information content (AvgIpc) is 3.06. The van der Waals surface area contributed by atoms with Gasteiger partial charge in [-0.05, 0) is 43.4 Å². The molecule has 3 rings (SSSR count). The number of oxazole rings is 1. The number of benzene rings is 2. The van der Waals surface area contributed by atoms with E-state index < -0.39 is 0 Å². The molecule has 0 radical (unpaired) electrons. The number of hydrogen-bond donors (Lipinski definition) is 0. The van der Waals surface area contributed by atoms with Gasteiger partial charge in [-0.3, -0.25) is 4.90 Å². The molecule has 24 heavy (non-hydrogen) atoms. The van der Waals surface area contributed by atoms with Crippen LogP contribution in [0.4, 0.5) is 4.39 Å². The third-order valence-corrected chi connectivity index (χ3v) is 3.56. The first-order valence-corrected chi connectivity index (χ1v) is 7.77. The number of likely N-dealkylation sites (N-methyl/N-ethyl adjacent to an activating group) is 1. The number of rotatable bonds is 7. The van der Waals surface area contributed by atoms with Gasteiger partial charge in [0.25, 0.3) is 0 Å². The van der Waals surface area contributed by atoms with Crippen LogP contribution in [0.1, 0.15) is 5.69 Å². The van der Waals surface area contributed by atoms with Crippen molar-refractivity contribution >= 4 is 0 Å². The lowest BCUT2D eigenvalue weighted by atomic mass is 10.2. The molecule has 0 aliphatic rings. The minimum atomic E-state index is -0.264. The lowest BCUT2D eigenvalue weighted by Crippen LogP contribution is -2.24. The number of ether oxygens (including phenoxy) is 1. The van der Waals surface area contributed by atoms with E-state index in [0.717, 1.165) is 17.8 Å². The zero-order valence-electron chi connectivity index (χ0n) is 13.5. The van der Waals surface area contributed by atoms with Gasteiger partial charge in [0.15, 0.2) is 0 Å². The normalized spacial score (nSPS) is 11.0. The van der Waals surface area contributed by atoms with Crippen LogP contribution in [0.25, 0.3) is 11.5 Å². The Morgan fingerprint density at radius 3 is 2.58 bits per heavy atom. The Labute approximate surface area is 140 Å². The lowest BCUT2D eigenvalue weighted by molar-refractivity contribution is 0.231. The van der Waals surface area contributed by atoms with Gasteiger partial charge in [0, 0.05) is 18.7 Å². The van der Waals surface area contributed by atoms with Crippen LogP contribution >= 0.6 is 0 Å². The third kappa shape index (κ3) is 4.43. The van der Waals surface area contributed by atoms with Crippen molar-refractivity contribution in [2.45, 2.75) is 6.54 Å². The molecule has 2 aromatic carbocycles. The molecule has 0 bridgehead atoms. The molecule has 0 N–H and O–H groups in total. The van der Waals surface area contributed by atoms with Gasteiger partial charge >= 0.3 is 0 Å². The summed E-state index contributed by atoms with van der Waals surface area (Å²) < 4.78 is 23.9. The second-order valence-electron chi connectivity index (χ2n) is 5.55. The molecule has 3 aromatic rings. The molecule has 1 heterocycles. The Hall–Kier alpha value is -2.66. The number of aromatic nitrogens is 1. The summed E-state index contributed by atoms with van der Waals surface area (Å²) in [5.74, 6) is 1.03. The van der Waals surface area contributed by atoms with E-state index >= 15 is 0 Å². The highest BCUT2D eigenvalue weighted by atomic mass is 19.1. The molecule has 124 valence electrons. The zero-order chi connectivity index (χ0) is 16.8. The first-order valence-electron chi connectivity index (χ1n) is 7.77. The van der Waals surface area contributed by atoms with Crippen molar-refractivity contribution in [3.8, 4) is 17.2 Å². The van der Waals surface area contributed by atoms with Gasteiger partial charge in [0.2, 0.25) is 5.89 Å². The van der Waals surface area contributed by atoms with Crippen molar-refractivity contribution in [2.75, 3.05) is 20.2 Å². The van der Waals surface area contributed by atoms with Crippen molar-refractivity contribution in [3.05, 3.63) is 72.4 Å². The van der Waals surface area contributed by atoms with Crippen LogP contribution in [0.15, 0.2) is 65.3 Å². The quantitative estimate of drug-likeness (QED) is 0.658. The molecule has 0 fully saturated rings. The Kier molecular flexibility index (Phi) is 5.23. The number of halogens is 1. The first kappa shape index (κ1) is 16.2. The highest BCUT2D eigenvalue weighted by molar-refractivity contribution is 5.52. The second kappa shape index (κ2) is 7.75. The molecule has 5 heteroatoms. The summed E-state index contributed by atoms with van der Waals surface area (Å²) in [6.07, 6.45) is 1.68. The standard InChI is InChI=1S/C19H19FN2O2/c1-22(11-12-23-18-9-7-16(20)8-10-18)13-17-14-24-19(21-17)15-5-3-2-4-6-15/h2-10,14H,11-13H2,1H3. The van der Waals surface area contributed by atoms with Gasteiger partial charge in [0.05, 0.1) is 5.69 Å². The van der Waals surface area contributed by atoms with Gasteiger partial charge in [0.1, 0.15) is 24.4 Å². The maximum Gasteiger partial charge on any atom is 0.226 e. The lowest BCUT2D eigenvalue weighted by Gasteiger charge is -2.15. The Balaban J connectivity index is 1.47. The molecule has 0 unspecified atom stereocenters. The molecular weight excluding hydrogens is 307 g/mol. The van der Waals surface area contributed by atoms with Crippen molar-refractivity contribution in [3.63, 3.8) is 0 Å². The first-order chi connectivity index (χ1) is 11.7. The summed E-state index contributed by atoms with van der Waals surface area (Å²) >= 11 is 0. The Bertz CT molecular complexity index is 757. The van der Waals surface area contributed by atoms with Gasteiger partial charge in [-0.2, -0.15) is 0 Å².